The van der Waals surface area contributed by atoms with Gasteiger partial charge < -0.3 is 24.6 Å². The molecule has 0 saturated carbocycles. The second-order valence-corrected chi connectivity index (χ2v) is 4.55. The van der Waals surface area contributed by atoms with E-state index in [0.29, 0.717) is 19.8 Å². The largest absolute Gasteiger partial charge is 0.491 e. The molecule has 20 heavy (non-hydrogen) atoms. The molecule has 0 aromatic heterocycles. The van der Waals surface area contributed by atoms with E-state index in [1.54, 1.807) is 14.2 Å². The molecule has 2 N–H and O–H groups in total. The fourth-order valence-electron chi connectivity index (χ4n) is 1.67. The molecule has 5 nitrogen and oxygen atoms in total. The first-order chi connectivity index (χ1) is 9.76. The van der Waals surface area contributed by atoms with E-state index in [1.165, 1.54) is 5.56 Å². The number of rotatable bonds is 11. The third kappa shape index (κ3) is 7.45. The van der Waals surface area contributed by atoms with Crippen molar-refractivity contribution in [3.05, 3.63) is 29.8 Å². The Kier molecular flexibility index (Phi) is 8.98. The zero-order chi connectivity index (χ0) is 14.6. The number of ether oxygens (including phenoxy) is 3. The summed E-state index contributed by atoms with van der Waals surface area (Å²) >= 11 is 0. The van der Waals surface area contributed by atoms with Crippen molar-refractivity contribution in [1.82, 2.24) is 5.32 Å². The Labute approximate surface area is 120 Å². The third-order valence-corrected chi connectivity index (χ3v) is 2.82. The molecule has 0 bridgehead atoms. The van der Waals surface area contributed by atoms with Gasteiger partial charge in [0.2, 0.25) is 0 Å². The first-order valence-corrected chi connectivity index (χ1v) is 6.84. The van der Waals surface area contributed by atoms with E-state index in [2.05, 4.69) is 5.32 Å². The van der Waals surface area contributed by atoms with Crippen LogP contribution in [0.2, 0.25) is 0 Å². The maximum atomic E-state index is 9.74. The van der Waals surface area contributed by atoms with E-state index in [9.17, 15) is 5.11 Å². The first kappa shape index (κ1) is 16.9. The molecule has 0 aliphatic heterocycles. The van der Waals surface area contributed by atoms with Crippen LogP contribution in [0.3, 0.4) is 0 Å². The van der Waals surface area contributed by atoms with Crippen molar-refractivity contribution in [2.75, 3.05) is 47.1 Å². The minimum Gasteiger partial charge on any atom is -0.491 e. The average Bonchev–Trinajstić information content (AvgIpc) is 2.48. The van der Waals surface area contributed by atoms with Crippen LogP contribution in [0, 0.1) is 0 Å². The van der Waals surface area contributed by atoms with Gasteiger partial charge in [0, 0.05) is 27.3 Å². The molecular weight excluding hydrogens is 258 g/mol. The third-order valence-electron chi connectivity index (χ3n) is 2.82. The highest BCUT2D eigenvalue weighted by molar-refractivity contribution is 5.27. The van der Waals surface area contributed by atoms with E-state index in [0.717, 1.165) is 18.7 Å². The molecular formula is C15H25NO4. The summed E-state index contributed by atoms with van der Waals surface area (Å²) in [6.45, 7) is 2.84. The van der Waals surface area contributed by atoms with Crippen LogP contribution < -0.4 is 10.1 Å². The molecule has 0 amide bonds. The molecule has 0 fully saturated rings. The molecule has 0 aliphatic rings. The summed E-state index contributed by atoms with van der Waals surface area (Å²) in [5.41, 5.74) is 1.21. The predicted molar refractivity (Wildman–Crippen MR) is 78.3 cm³/mol. The second kappa shape index (κ2) is 10.6. The van der Waals surface area contributed by atoms with Gasteiger partial charge in [0.15, 0.2) is 0 Å². The summed E-state index contributed by atoms with van der Waals surface area (Å²) in [6, 6.07) is 7.85. The van der Waals surface area contributed by atoms with Crippen molar-refractivity contribution >= 4 is 0 Å². The number of hydrogen-bond acceptors (Lipinski definition) is 5. The fraction of sp³-hybridized carbons (Fsp3) is 0.600. The topological polar surface area (TPSA) is 60.0 Å². The number of benzene rings is 1. The van der Waals surface area contributed by atoms with Gasteiger partial charge >= 0.3 is 0 Å². The molecule has 0 aliphatic carbocycles. The molecule has 1 aromatic carbocycles. The smallest absolute Gasteiger partial charge is 0.119 e. The zero-order valence-corrected chi connectivity index (χ0v) is 12.3. The Morgan fingerprint density at radius 3 is 2.45 bits per heavy atom. The SMILES string of the molecule is COCCNCC(O)COc1ccc(CCOC)cc1. The molecule has 1 atom stereocenters. The Morgan fingerprint density at radius 1 is 1.10 bits per heavy atom. The van der Waals surface area contributed by atoms with Crippen LogP contribution in [0.4, 0.5) is 0 Å². The molecule has 1 aromatic rings. The first-order valence-electron chi connectivity index (χ1n) is 6.84. The van der Waals surface area contributed by atoms with Crippen molar-refractivity contribution in [3.8, 4) is 5.75 Å². The van der Waals surface area contributed by atoms with Crippen LogP contribution in [0.5, 0.6) is 5.75 Å². The van der Waals surface area contributed by atoms with Gasteiger partial charge in [0.1, 0.15) is 18.5 Å². The number of nitrogens with one attached hydrogen (secondary N) is 1. The lowest BCUT2D eigenvalue weighted by molar-refractivity contribution is 0.103. The molecule has 0 heterocycles. The van der Waals surface area contributed by atoms with Crippen molar-refractivity contribution in [2.45, 2.75) is 12.5 Å². The maximum Gasteiger partial charge on any atom is 0.119 e. The zero-order valence-electron chi connectivity index (χ0n) is 12.3. The highest BCUT2D eigenvalue weighted by atomic mass is 16.5. The van der Waals surface area contributed by atoms with Crippen LogP contribution in [0.15, 0.2) is 24.3 Å². The summed E-state index contributed by atoms with van der Waals surface area (Å²) in [5.74, 6) is 0.766. The van der Waals surface area contributed by atoms with Gasteiger partial charge in [0.05, 0.1) is 13.2 Å². The van der Waals surface area contributed by atoms with E-state index >= 15 is 0 Å². The molecule has 0 saturated heterocycles. The minimum absolute atomic E-state index is 0.275. The van der Waals surface area contributed by atoms with E-state index < -0.39 is 6.10 Å². The molecule has 0 radical (unpaired) electrons. The normalized spacial score (nSPS) is 12.3. The quantitative estimate of drug-likeness (QED) is 0.590. The standard InChI is InChI=1S/C15H25NO4/c1-18-9-7-13-3-5-15(6-4-13)20-12-14(17)11-16-8-10-19-2/h3-6,14,16-17H,7-12H2,1-2H3. The van der Waals surface area contributed by atoms with Crippen LogP contribution in [-0.4, -0.2) is 58.3 Å². The highest BCUT2D eigenvalue weighted by Crippen LogP contribution is 2.12. The van der Waals surface area contributed by atoms with Gasteiger partial charge in [0.25, 0.3) is 0 Å². The highest BCUT2D eigenvalue weighted by Gasteiger charge is 2.04. The molecule has 1 unspecified atom stereocenters. The van der Waals surface area contributed by atoms with Crippen molar-refractivity contribution < 1.29 is 19.3 Å². The molecule has 5 heteroatoms. The Bertz CT molecular complexity index is 342. The molecule has 0 spiro atoms. The van der Waals surface area contributed by atoms with Gasteiger partial charge in [-0.15, -0.1) is 0 Å². The van der Waals surface area contributed by atoms with Crippen LogP contribution >= 0.6 is 0 Å². The fourth-order valence-corrected chi connectivity index (χ4v) is 1.67. The lowest BCUT2D eigenvalue weighted by Gasteiger charge is -2.13. The van der Waals surface area contributed by atoms with Crippen LogP contribution in [0.1, 0.15) is 5.56 Å². The Hall–Kier alpha value is -1.14. The number of hydrogen-bond donors (Lipinski definition) is 2. The lowest BCUT2D eigenvalue weighted by Crippen LogP contribution is -2.33. The van der Waals surface area contributed by atoms with E-state index in [-0.39, 0.29) is 6.61 Å². The molecule has 114 valence electrons. The minimum atomic E-state index is -0.528. The number of methoxy groups -OCH3 is 2. The average molecular weight is 283 g/mol. The van der Waals surface area contributed by atoms with Crippen molar-refractivity contribution in [2.24, 2.45) is 0 Å². The van der Waals surface area contributed by atoms with Gasteiger partial charge in [-0.05, 0) is 24.1 Å². The number of aliphatic hydroxyl groups is 1. The summed E-state index contributed by atoms with van der Waals surface area (Å²) in [7, 11) is 3.34. The number of aliphatic hydroxyl groups excluding tert-OH is 1. The Balaban J connectivity index is 2.20. The summed E-state index contributed by atoms with van der Waals surface area (Å²) < 4.78 is 15.5. The van der Waals surface area contributed by atoms with E-state index in [1.807, 2.05) is 24.3 Å². The summed E-state index contributed by atoms with van der Waals surface area (Å²) in [6.07, 6.45) is 0.364. The Morgan fingerprint density at radius 2 is 1.80 bits per heavy atom. The lowest BCUT2D eigenvalue weighted by atomic mass is 10.1. The predicted octanol–water partition coefficient (Wildman–Crippen LogP) is 0.851. The van der Waals surface area contributed by atoms with Crippen LogP contribution in [-0.2, 0) is 15.9 Å². The van der Waals surface area contributed by atoms with Crippen LogP contribution in [0.25, 0.3) is 0 Å². The van der Waals surface area contributed by atoms with Crippen molar-refractivity contribution in [3.63, 3.8) is 0 Å². The summed E-state index contributed by atoms with van der Waals surface area (Å²) in [5, 5.41) is 12.8. The van der Waals surface area contributed by atoms with Gasteiger partial charge in [-0.25, -0.2) is 0 Å². The maximum absolute atomic E-state index is 9.74. The van der Waals surface area contributed by atoms with Gasteiger partial charge in [-0.2, -0.15) is 0 Å². The van der Waals surface area contributed by atoms with E-state index in [4.69, 9.17) is 14.2 Å². The van der Waals surface area contributed by atoms with Gasteiger partial charge in [-0.1, -0.05) is 12.1 Å². The van der Waals surface area contributed by atoms with Crippen molar-refractivity contribution in [1.29, 1.82) is 0 Å². The second-order valence-electron chi connectivity index (χ2n) is 4.55. The monoisotopic (exact) mass is 283 g/mol. The summed E-state index contributed by atoms with van der Waals surface area (Å²) in [4.78, 5) is 0. The van der Waals surface area contributed by atoms with Gasteiger partial charge in [-0.3, -0.25) is 0 Å². The molecule has 1 rings (SSSR count).